The van der Waals surface area contributed by atoms with Crippen LogP contribution < -0.4 is 20.1 Å². The molecule has 8 heteroatoms. The van der Waals surface area contributed by atoms with Crippen LogP contribution in [0.5, 0.6) is 11.5 Å². The highest BCUT2D eigenvalue weighted by atomic mass is 127. The molecule has 0 spiro atoms. The minimum atomic E-state index is 0. The van der Waals surface area contributed by atoms with E-state index in [0.29, 0.717) is 0 Å². The quantitative estimate of drug-likeness (QED) is 0.294. The monoisotopic (exact) mass is 553 g/mol. The molecule has 5 nitrogen and oxygen atoms in total. The highest BCUT2D eigenvalue weighted by Gasteiger charge is 2.05. The Morgan fingerprint density at radius 3 is 2.31 bits per heavy atom. The van der Waals surface area contributed by atoms with E-state index in [1.807, 2.05) is 18.2 Å². The Hall–Kier alpha value is -1.000. The lowest BCUT2D eigenvalue weighted by molar-refractivity contribution is 0.354. The second-order valence-electron chi connectivity index (χ2n) is 5.32. The molecule has 0 aliphatic carbocycles. The summed E-state index contributed by atoms with van der Waals surface area (Å²) in [5, 5.41) is 6.68. The average Bonchev–Trinajstić information content (AvgIpc) is 3.05. The predicted molar refractivity (Wildman–Crippen MR) is 124 cm³/mol. The van der Waals surface area contributed by atoms with Gasteiger partial charge in [-0.15, -0.1) is 35.3 Å². The minimum Gasteiger partial charge on any atom is -0.493 e. The van der Waals surface area contributed by atoms with Crippen LogP contribution in [0.1, 0.15) is 10.4 Å². The number of guanidine groups is 1. The second kappa shape index (κ2) is 12.4. The summed E-state index contributed by atoms with van der Waals surface area (Å²) in [5.74, 6) is 2.32. The number of methoxy groups -OCH3 is 2. The number of halogens is 2. The number of rotatable bonds is 8. The maximum absolute atomic E-state index is 5.34. The molecule has 1 heterocycles. The molecule has 1 aromatic carbocycles. The van der Waals surface area contributed by atoms with Gasteiger partial charge >= 0.3 is 0 Å². The number of aliphatic imine (C=N–C) groups is 1. The van der Waals surface area contributed by atoms with Crippen LogP contribution in [0, 0.1) is 0 Å². The van der Waals surface area contributed by atoms with Gasteiger partial charge in [0, 0.05) is 25.0 Å². The van der Waals surface area contributed by atoms with Crippen molar-refractivity contribution in [1.82, 2.24) is 10.6 Å². The van der Waals surface area contributed by atoms with Gasteiger partial charge in [-0.2, -0.15) is 0 Å². The molecule has 2 N–H and O–H groups in total. The van der Waals surface area contributed by atoms with Crippen LogP contribution in [0.3, 0.4) is 0 Å². The van der Waals surface area contributed by atoms with Gasteiger partial charge in [0.2, 0.25) is 0 Å². The molecule has 0 aliphatic rings. The van der Waals surface area contributed by atoms with E-state index in [-0.39, 0.29) is 24.0 Å². The Bertz CT molecular complexity index is 709. The van der Waals surface area contributed by atoms with E-state index in [1.54, 1.807) is 32.6 Å². The lowest BCUT2D eigenvalue weighted by Crippen LogP contribution is -2.39. The van der Waals surface area contributed by atoms with Crippen molar-refractivity contribution in [3.05, 3.63) is 44.6 Å². The van der Waals surface area contributed by atoms with Crippen molar-refractivity contribution < 1.29 is 9.47 Å². The molecule has 1 aromatic heterocycles. The number of nitrogens with one attached hydrogen (secondary N) is 2. The third kappa shape index (κ3) is 7.32. The molecular weight excluding hydrogens is 529 g/mol. The zero-order chi connectivity index (χ0) is 18.1. The molecule has 0 amide bonds. The van der Waals surface area contributed by atoms with Crippen LogP contribution in [-0.2, 0) is 12.8 Å². The summed E-state index contributed by atoms with van der Waals surface area (Å²) in [6.07, 6.45) is 1.85. The lowest BCUT2D eigenvalue weighted by atomic mass is 10.1. The number of hydrogen-bond donors (Lipinski definition) is 2. The summed E-state index contributed by atoms with van der Waals surface area (Å²) >= 11 is 5.25. The minimum absolute atomic E-state index is 0. The summed E-state index contributed by atoms with van der Waals surface area (Å²) in [6, 6.07) is 10.2. The van der Waals surface area contributed by atoms with Crippen molar-refractivity contribution in [2.45, 2.75) is 12.8 Å². The lowest BCUT2D eigenvalue weighted by Gasteiger charge is -2.12. The Kier molecular flexibility index (Phi) is 11.0. The predicted octanol–water partition coefficient (Wildman–Crippen LogP) is 4.10. The van der Waals surface area contributed by atoms with Crippen molar-refractivity contribution in [3.63, 3.8) is 0 Å². The second-order valence-corrected chi connectivity index (χ2v) is 7.87. The first-order chi connectivity index (χ1) is 12.2. The van der Waals surface area contributed by atoms with E-state index in [9.17, 15) is 0 Å². The third-order valence-corrected chi connectivity index (χ3v) is 5.35. The van der Waals surface area contributed by atoms with Gasteiger partial charge in [-0.05, 0) is 58.6 Å². The Labute approximate surface area is 184 Å². The molecule has 2 rings (SSSR count). The number of nitrogens with zero attached hydrogens (tertiary/aromatic N) is 1. The first-order valence-corrected chi connectivity index (χ1v) is 9.67. The number of ether oxygens (including phenoxy) is 2. The smallest absolute Gasteiger partial charge is 0.190 e. The van der Waals surface area contributed by atoms with Gasteiger partial charge in [0.05, 0.1) is 18.0 Å². The molecule has 144 valence electrons. The SMILES string of the molecule is CN=C(NCCc1ccc(OC)c(OC)c1)NCCc1ccc(Br)s1.I. The van der Waals surface area contributed by atoms with Crippen molar-refractivity contribution in [2.75, 3.05) is 34.4 Å². The zero-order valence-electron chi connectivity index (χ0n) is 15.2. The summed E-state index contributed by atoms with van der Waals surface area (Å²) in [6.45, 7) is 1.64. The Morgan fingerprint density at radius 1 is 1.04 bits per heavy atom. The maximum atomic E-state index is 5.34. The van der Waals surface area contributed by atoms with Gasteiger partial charge in [-0.3, -0.25) is 4.99 Å². The molecule has 2 aromatic rings. The van der Waals surface area contributed by atoms with E-state index in [2.05, 4.69) is 43.7 Å². The van der Waals surface area contributed by atoms with E-state index < -0.39 is 0 Å². The summed E-state index contributed by atoms with van der Waals surface area (Å²) < 4.78 is 11.8. The van der Waals surface area contributed by atoms with E-state index >= 15 is 0 Å². The molecule has 0 radical (unpaired) electrons. The van der Waals surface area contributed by atoms with Crippen molar-refractivity contribution in [1.29, 1.82) is 0 Å². The molecule has 0 bridgehead atoms. The fourth-order valence-corrected chi connectivity index (χ4v) is 3.85. The fraction of sp³-hybridized carbons (Fsp3) is 0.389. The highest BCUT2D eigenvalue weighted by molar-refractivity contribution is 14.0. The van der Waals surface area contributed by atoms with Crippen LogP contribution in [0.4, 0.5) is 0 Å². The first kappa shape index (κ1) is 23.0. The molecule has 0 aliphatic heterocycles. The third-order valence-electron chi connectivity index (χ3n) is 3.67. The molecule has 0 atom stereocenters. The number of thiophene rings is 1. The van der Waals surface area contributed by atoms with Crippen LogP contribution >= 0.6 is 51.2 Å². The van der Waals surface area contributed by atoms with Crippen molar-refractivity contribution in [3.8, 4) is 11.5 Å². The van der Waals surface area contributed by atoms with Crippen molar-refractivity contribution in [2.24, 2.45) is 4.99 Å². The van der Waals surface area contributed by atoms with Gasteiger partial charge in [0.1, 0.15) is 0 Å². The number of hydrogen-bond acceptors (Lipinski definition) is 4. The van der Waals surface area contributed by atoms with Gasteiger partial charge in [0.15, 0.2) is 17.5 Å². The van der Waals surface area contributed by atoms with Gasteiger partial charge < -0.3 is 20.1 Å². The van der Waals surface area contributed by atoms with E-state index in [1.165, 1.54) is 14.2 Å². The molecule has 0 saturated carbocycles. The normalized spacial score (nSPS) is 10.8. The zero-order valence-corrected chi connectivity index (χ0v) is 19.9. The van der Waals surface area contributed by atoms with Crippen molar-refractivity contribution >= 4 is 57.2 Å². The van der Waals surface area contributed by atoms with Gasteiger partial charge in [-0.25, -0.2) is 0 Å². The highest BCUT2D eigenvalue weighted by Crippen LogP contribution is 2.27. The fourth-order valence-electron chi connectivity index (χ4n) is 2.37. The van der Waals surface area contributed by atoms with E-state index in [0.717, 1.165) is 43.4 Å². The van der Waals surface area contributed by atoms with Crippen LogP contribution in [0.15, 0.2) is 39.1 Å². The van der Waals surface area contributed by atoms with E-state index in [4.69, 9.17) is 9.47 Å². The molecule has 26 heavy (non-hydrogen) atoms. The molecular formula is C18H25BrIN3O2S. The Balaban J connectivity index is 0.00000338. The standard InChI is InChI=1S/C18H24BrN3O2S.HI/c1-20-18(22-11-9-14-5-7-17(19)25-14)21-10-8-13-4-6-15(23-2)16(12-13)24-3;/h4-7,12H,8-11H2,1-3H3,(H2,20,21,22);1H. The average molecular weight is 554 g/mol. The topological polar surface area (TPSA) is 54.9 Å². The first-order valence-electron chi connectivity index (χ1n) is 8.06. The van der Waals surface area contributed by atoms with Crippen LogP contribution in [0.25, 0.3) is 0 Å². The summed E-state index contributed by atoms with van der Waals surface area (Å²) in [5.41, 5.74) is 1.18. The van der Waals surface area contributed by atoms with Crippen LogP contribution in [-0.4, -0.2) is 40.3 Å². The Morgan fingerprint density at radius 2 is 1.73 bits per heavy atom. The maximum Gasteiger partial charge on any atom is 0.190 e. The van der Waals surface area contributed by atoms with Gasteiger partial charge in [-0.1, -0.05) is 6.07 Å². The molecule has 0 unspecified atom stereocenters. The van der Waals surface area contributed by atoms with Crippen LogP contribution in [0.2, 0.25) is 0 Å². The van der Waals surface area contributed by atoms with Gasteiger partial charge in [0.25, 0.3) is 0 Å². The summed E-state index contributed by atoms with van der Waals surface area (Å²) in [7, 11) is 5.08. The molecule has 0 saturated heterocycles. The largest absolute Gasteiger partial charge is 0.493 e. The number of benzene rings is 1. The summed E-state index contributed by atoms with van der Waals surface area (Å²) in [4.78, 5) is 5.61. The molecule has 0 fully saturated rings.